The number of esters is 1. The van der Waals surface area contributed by atoms with Crippen LogP contribution in [0.25, 0.3) is 0 Å². The van der Waals surface area contributed by atoms with E-state index in [4.69, 9.17) is 9.47 Å². The number of thiol groups is 1. The zero-order valence-corrected chi connectivity index (χ0v) is 20.7. The topological polar surface area (TPSA) is 55.8 Å². The fraction of sp³-hybridized carbons (Fsp3) is 0.556. The van der Waals surface area contributed by atoms with Gasteiger partial charge in [-0.2, -0.15) is 0 Å². The predicted octanol–water partition coefficient (Wildman–Crippen LogP) is 3.34. The number of amides is 1. The molecule has 0 N–H and O–H groups in total. The van der Waals surface area contributed by atoms with Crippen LogP contribution in [0.1, 0.15) is 32.8 Å². The number of thioether (sulfide) groups is 2. The fourth-order valence-corrected chi connectivity index (χ4v) is 7.45. The standard InChI is InChI=1S/C18H26AsNO4S3/c1-17(2,3)24-16(22)20(19)18(15(25)26-10-7-11-27-18)14(21)23-12-13-8-5-4-6-9-13/h4-6,8-9,15,25H,7,10-12,19H2,1-3H3/t15-,18-/m0/s1. The second kappa shape index (κ2) is 9.86. The maximum atomic E-state index is 13.2. The number of rotatable bonds is 4. The average molecular weight is 492 g/mol. The van der Waals surface area contributed by atoms with Crippen molar-refractivity contribution in [1.82, 2.24) is 3.82 Å². The Balaban J connectivity index is 2.26. The Bertz CT molecular complexity index is 656. The van der Waals surface area contributed by atoms with Gasteiger partial charge in [-0.05, 0) is 0 Å². The molecule has 0 radical (unpaired) electrons. The Morgan fingerprint density at radius 2 is 1.96 bits per heavy atom. The molecule has 1 fully saturated rings. The molecule has 1 aliphatic heterocycles. The van der Waals surface area contributed by atoms with Crippen molar-refractivity contribution in [2.75, 3.05) is 11.5 Å². The van der Waals surface area contributed by atoms with Gasteiger partial charge in [-0.25, -0.2) is 0 Å². The van der Waals surface area contributed by atoms with E-state index in [-0.39, 0.29) is 6.61 Å². The van der Waals surface area contributed by atoms with Crippen LogP contribution in [-0.2, 0) is 20.9 Å². The van der Waals surface area contributed by atoms with Gasteiger partial charge in [0.05, 0.1) is 0 Å². The minimum atomic E-state index is -1.22. The quantitative estimate of drug-likeness (QED) is 0.396. The number of nitrogens with zero attached hydrogens (tertiary/aromatic N) is 1. The molecular formula is C18H26AsNO4S3. The summed E-state index contributed by atoms with van der Waals surface area (Å²) in [5.74, 6) is 1.17. The third-order valence-electron chi connectivity index (χ3n) is 3.67. The van der Waals surface area contributed by atoms with Gasteiger partial charge >= 0.3 is 184 Å². The summed E-state index contributed by atoms with van der Waals surface area (Å²) in [5, 5.41) is 0. The third kappa shape index (κ3) is 6.02. The number of carbonyl (C=O) groups excluding carboxylic acids is 2. The van der Waals surface area contributed by atoms with Crippen LogP contribution in [-0.4, -0.2) is 59.5 Å². The Morgan fingerprint density at radius 1 is 1.30 bits per heavy atom. The number of hydrogen-bond acceptors (Lipinski definition) is 7. The molecule has 9 heteroatoms. The predicted molar refractivity (Wildman–Crippen MR) is 118 cm³/mol. The van der Waals surface area contributed by atoms with Crippen LogP contribution in [0.15, 0.2) is 30.3 Å². The van der Waals surface area contributed by atoms with Gasteiger partial charge in [0, 0.05) is 0 Å². The second-order valence-corrected chi connectivity index (χ2v) is 11.5. The summed E-state index contributed by atoms with van der Waals surface area (Å²) < 4.78 is 12.2. The molecule has 0 saturated carbocycles. The fourth-order valence-electron chi connectivity index (χ4n) is 2.39. The monoisotopic (exact) mass is 491 g/mol. The van der Waals surface area contributed by atoms with E-state index in [1.807, 2.05) is 30.3 Å². The first-order chi connectivity index (χ1) is 12.7. The Morgan fingerprint density at radius 3 is 2.59 bits per heavy atom. The molecule has 0 bridgehead atoms. The van der Waals surface area contributed by atoms with E-state index in [0.717, 1.165) is 40.6 Å². The molecule has 2 rings (SSSR count). The van der Waals surface area contributed by atoms with E-state index in [1.54, 1.807) is 32.5 Å². The summed E-state index contributed by atoms with van der Waals surface area (Å²) in [6.07, 6.45) is 0.406. The molecule has 1 aliphatic rings. The van der Waals surface area contributed by atoms with Gasteiger partial charge in [0.25, 0.3) is 0 Å². The van der Waals surface area contributed by atoms with Crippen LogP contribution in [0.2, 0.25) is 0 Å². The van der Waals surface area contributed by atoms with E-state index in [1.165, 1.54) is 15.6 Å². The van der Waals surface area contributed by atoms with E-state index in [9.17, 15) is 9.59 Å². The number of hydrogen-bond donors (Lipinski definition) is 1. The van der Waals surface area contributed by atoms with Gasteiger partial charge in [0.1, 0.15) is 0 Å². The van der Waals surface area contributed by atoms with Crippen LogP contribution in [0, 0.1) is 0 Å². The van der Waals surface area contributed by atoms with Gasteiger partial charge in [0.2, 0.25) is 0 Å². The molecule has 5 nitrogen and oxygen atoms in total. The normalized spacial score (nSPS) is 23.2. The molecule has 150 valence electrons. The van der Waals surface area contributed by atoms with Crippen molar-refractivity contribution in [2.24, 2.45) is 0 Å². The van der Waals surface area contributed by atoms with Crippen molar-refractivity contribution >= 4 is 65.3 Å². The van der Waals surface area contributed by atoms with Crippen molar-refractivity contribution in [1.29, 1.82) is 0 Å². The zero-order valence-electron chi connectivity index (χ0n) is 15.7. The van der Waals surface area contributed by atoms with Crippen LogP contribution < -0.4 is 0 Å². The summed E-state index contributed by atoms with van der Waals surface area (Å²) >= 11 is 8.67. The maximum absolute atomic E-state index is 13.2. The van der Waals surface area contributed by atoms with Crippen LogP contribution in [0.5, 0.6) is 0 Å². The molecule has 1 aromatic carbocycles. The molecule has 27 heavy (non-hydrogen) atoms. The Labute approximate surface area is 183 Å². The number of ether oxygens (including phenoxy) is 2. The van der Waals surface area contributed by atoms with Crippen LogP contribution >= 0.6 is 36.2 Å². The van der Waals surface area contributed by atoms with Gasteiger partial charge in [-0.1, -0.05) is 0 Å². The van der Waals surface area contributed by atoms with Crippen molar-refractivity contribution < 1.29 is 19.1 Å². The number of benzene rings is 1. The summed E-state index contributed by atoms with van der Waals surface area (Å²) in [5.41, 5.74) is 0.249. The molecule has 3 atom stereocenters. The van der Waals surface area contributed by atoms with Crippen molar-refractivity contribution in [3.63, 3.8) is 0 Å². The zero-order chi connectivity index (χ0) is 20.1. The van der Waals surface area contributed by atoms with E-state index in [0.29, 0.717) is 0 Å². The summed E-state index contributed by atoms with van der Waals surface area (Å²) in [6.45, 7) is 5.57. The summed E-state index contributed by atoms with van der Waals surface area (Å²) in [7, 11) is 0. The first-order valence-corrected chi connectivity index (χ1v) is 12.2. The van der Waals surface area contributed by atoms with Gasteiger partial charge in [-0.3, -0.25) is 0 Å². The van der Waals surface area contributed by atoms with Crippen molar-refractivity contribution in [2.45, 2.75) is 48.9 Å². The molecule has 1 heterocycles. The Kier molecular flexibility index (Phi) is 8.34. The van der Waals surface area contributed by atoms with Crippen molar-refractivity contribution in [3.8, 4) is 0 Å². The number of carbonyl (C=O) groups is 2. The molecule has 0 aliphatic carbocycles. The molecular weight excluding hydrogens is 465 g/mol. The van der Waals surface area contributed by atoms with E-state index >= 15 is 0 Å². The first-order valence-electron chi connectivity index (χ1n) is 8.59. The summed E-state index contributed by atoms with van der Waals surface area (Å²) in [4.78, 5) is 24.8. The Hall–Kier alpha value is -0.432. The molecule has 1 amide bonds. The van der Waals surface area contributed by atoms with Gasteiger partial charge in [0.15, 0.2) is 0 Å². The molecule has 1 aromatic rings. The van der Waals surface area contributed by atoms with E-state index < -0.39 is 27.1 Å². The molecule has 1 saturated heterocycles. The van der Waals surface area contributed by atoms with Crippen molar-refractivity contribution in [3.05, 3.63) is 35.9 Å². The van der Waals surface area contributed by atoms with E-state index in [2.05, 4.69) is 12.6 Å². The second-order valence-electron chi connectivity index (χ2n) is 7.03. The first kappa shape index (κ1) is 22.9. The molecule has 0 spiro atoms. The average Bonchev–Trinajstić information content (AvgIpc) is 2.81. The minimum absolute atomic E-state index is 0.155. The molecule has 1 unspecified atom stereocenters. The third-order valence-corrected chi connectivity index (χ3v) is 9.22. The molecule has 0 aromatic heterocycles. The summed E-state index contributed by atoms with van der Waals surface area (Å²) in [6, 6.07) is 9.50. The van der Waals surface area contributed by atoms with Crippen LogP contribution in [0.3, 0.4) is 0 Å². The van der Waals surface area contributed by atoms with Gasteiger partial charge < -0.3 is 0 Å². The SMILES string of the molecule is CC(C)(C)OC(=O)N([AsH2])[C@@]1(C(=O)OCc2ccccc2)SCCCS[C@@H]1S. The van der Waals surface area contributed by atoms with Crippen LogP contribution in [0.4, 0.5) is 4.79 Å². The van der Waals surface area contributed by atoms with Gasteiger partial charge in [-0.15, -0.1) is 0 Å².